The molecular formula is C25H22N4O3S. The topological polar surface area (TPSA) is 76.6 Å². The summed E-state index contributed by atoms with van der Waals surface area (Å²) < 4.78 is 11.2. The molecule has 3 heterocycles. The van der Waals surface area contributed by atoms with Gasteiger partial charge in [0, 0.05) is 35.9 Å². The van der Waals surface area contributed by atoms with Gasteiger partial charge in [-0.2, -0.15) is 0 Å². The molecule has 1 saturated heterocycles. The number of anilines is 2. The van der Waals surface area contributed by atoms with Crippen molar-refractivity contribution in [2.75, 3.05) is 36.5 Å². The SMILES string of the molecule is O=C(Nc1ccc(Oc2ccccc2)cc1)c1csc(-c2ccc(N3CCOCC3)nc2)n1. The van der Waals surface area contributed by atoms with Crippen LogP contribution in [0.3, 0.4) is 0 Å². The summed E-state index contributed by atoms with van der Waals surface area (Å²) in [6, 6.07) is 20.8. The predicted molar refractivity (Wildman–Crippen MR) is 129 cm³/mol. The van der Waals surface area contributed by atoms with Gasteiger partial charge in [0.15, 0.2) is 0 Å². The van der Waals surface area contributed by atoms with E-state index in [9.17, 15) is 4.79 Å². The number of carbonyl (C=O) groups excluding carboxylic acids is 1. The minimum absolute atomic E-state index is 0.257. The Labute approximate surface area is 195 Å². The molecule has 1 aliphatic heterocycles. The van der Waals surface area contributed by atoms with Crippen molar-refractivity contribution in [2.45, 2.75) is 0 Å². The Morgan fingerprint density at radius 3 is 2.45 bits per heavy atom. The van der Waals surface area contributed by atoms with E-state index in [2.05, 4.69) is 20.2 Å². The molecule has 2 aromatic carbocycles. The van der Waals surface area contributed by atoms with Crippen LogP contribution in [0.5, 0.6) is 11.5 Å². The molecule has 0 radical (unpaired) electrons. The molecule has 4 aromatic rings. The first-order valence-corrected chi connectivity index (χ1v) is 11.5. The molecule has 0 bridgehead atoms. The van der Waals surface area contributed by atoms with E-state index >= 15 is 0 Å². The number of rotatable bonds is 6. The van der Waals surface area contributed by atoms with E-state index in [1.165, 1.54) is 11.3 Å². The molecule has 0 spiro atoms. The predicted octanol–water partition coefficient (Wildman–Crippen LogP) is 5.09. The number of pyridine rings is 1. The van der Waals surface area contributed by atoms with Gasteiger partial charge in [0.05, 0.1) is 13.2 Å². The van der Waals surface area contributed by atoms with Gasteiger partial charge in [-0.1, -0.05) is 18.2 Å². The van der Waals surface area contributed by atoms with Gasteiger partial charge in [0.2, 0.25) is 0 Å². The minimum atomic E-state index is -0.257. The maximum atomic E-state index is 12.7. The lowest BCUT2D eigenvalue weighted by atomic mass is 10.2. The molecule has 2 aromatic heterocycles. The van der Waals surface area contributed by atoms with Crippen LogP contribution in [0.1, 0.15) is 10.5 Å². The average molecular weight is 459 g/mol. The van der Waals surface area contributed by atoms with Crippen molar-refractivity contribution in [1.82, 2.24) is 9.97 Å². The Morgan fingerprint density at radius 2 is 1.73 bits per heavy atom. The van der Waals surface area contributed by atoms with Crippen molar-refractivity contribution >= 4 is 28.7 Å². The van der Waals surface area contributed by atoms with E-state index in [0.29, 0.717) is 17.1 Å². The highest BCUT2D eigenvalue weighted by Gasteiger charge is 2.15. The zero-order valence-corrected chi connectivity index (χ0v) is 18.6. The molecule has 1 amide bonds. The maximum Gasteiger partial charge on any atom is 0.275 e. The van der Waals surface area contributed by atoms with Crippen LogP contribution in [0.25, 0.3) is 10.6 Å². The monoisotopic (exact) mass is 458 g/mol. The van der Waals surface area contributed by atoms with Crippen molar-refractivity contribution in [2.24, 2.45) is 0 Å². The smallest absolute Gasteiger partial charge is 0.275 e. The first-order chi connectivity index (χ1) is 16.2. The van der Waals surface area contributed by atoms with Gasteiger partial charge in [-0.15, -0.1) is 11.3 Å². The quantitative estimate of drug-likeness (QED) is 0.434. The number of morpholine rings is 1. The molecule has 1 aliphatic rings. The van der Waals surface area contributed by atoms with E-state index in [4.69, 9.17) is 9.47 Å². The highest BCUT2D eigenvalue weighted by atomic mass is 32.1. The normalized spacial score (nSPS) is 13.5. The number of ether oxygens (including phenoxy) is 2. The molecule has 33 heavy (non-hydrogen) atoms. The lowest BCUT2D eigenvalue weighted by Crippen LogP contribution is -2.36. The van der Waals surface area contributed by atoms with Gasteiger partial charge in [-0.25, -0.2) is 9.97 Å². The summed E-state index contributed by atoms with van der Waals surface area (Å²) in [7, 11) is 0. The number of hydrogen-bond acceptors (Lipinski definition) is 7. The van der Waals surface area contributed by atoms with Crippen molar-refractivity contribution in [3.8, 4) is 22.1 Å². The lowest BCUT2D eigenvalue weighted by molar-refractivity contribution is 0.102. The molecule has 0 unspecified atom stereocenters. The zero-order chi connectivity index (χ0) is 22.5. The van der Waals surface area contributed by atoms with Gasteiger partial charge in [-0.05, 0) is 48.5 Å². The van der Waals surface area contributed by atoms with Gasteiger partial charge in [-0.3, -0.25) is 4.79 Å². The van der Waals surface area contributed by atoms with E-state index < -0.39 is 0 Å². The number of para-hydroxylation sites is 1. The third-order valence-corrected chi connectivity index (χ3v) is 6.05. The van der Waals surface area contributed by atoms with Crippen LogP contribution >= 0.6 is 11.3 Å². The Hall–Kier alpha value is -3.75. The Bertz CT molecular complexity index is 1200. The second-order valence-corrected chi connectivity index (χ2v) is 8.29. The molecule has 1 N–H and O–H groups in total. The van der Waals surface area contributed by atoms with Crippen LogP contribution < -0.4 is 15.0 Å². The fraction of sp³-hybridized carbons (Fsp3) is 0.160. The van der Waals surface area contributed by atoms with E-state index in [-0.39, 0.29) is 5.91 Å². The third-order valence-electron chi connectivity index (χ3n) is 5.16. The number of thiazole rings is 1. The van der Waals surface area contributed by atoms with Crippen molar-refractivity contribution in [3.05, 3.63) is 84.0 Å². The molecule has 0 saturated carbocycles. The first-order valence-electron chi connectivity index (χ1n) is 10.6. The second-order valence-electron chi connectivity index (χ2n) is 7.44. The van der Waals surface area contributed by atoms with E-state index in [0.717, 1.165) is 48.4 Å². The molecule has 8 heteroatoms. The fourth-order valence-electron chi connectivity index (χ4n) is 3.43. The maximum absolute atomic E-state index is 12.7. The van der Waals surface area contributed by atoms with E-state index in [1.54, 1.807) is 23.7 Å². The van der Waals surface area contributed by atoms with Crippen LogP contribution in [0.15, 0.2) is 78.3 Å². The van der Waals surface area contributed by atoms with Gasteiger partial charge in [0.1, 0.15) is 28.0 Å². The Balaban J connectivity index is 1.21. The first kappa shape index (κ1) is 21.1. The lowest BCUT2D eigenvalue weighted by Gasteiger charge is -2.27. The molecular weight excluding hydrogens is 436 g/mol. The summed E-state index contributed by atoms with van der Waals surface area (Å²) in [6.45, 7) is 3.12. The zero-order valence-electron chi connectivity index (χ0n) is 17.8. The number of aromatic nitrogens is 2. The van der Waals surface area contributed by atoms with Crippen LogP contribution in [0, 0.1) is 0 Å². The molecule has 0 atom stereocenters. The number of carbonyl (C=O) groups is 1. The summed E-state index contributed by atoms with van der Waals surface area (Å²) in [5.74, 6) is 2.13. The summed E-state index contributed by atoms with van der Waals surface area (Å²) in [5.41, 5.74) is 1.93. The number of benzene rings is 2. The second kappa shape index (κ2) is 9.81. The molecule has 166 valence electrons. The molecule has 0 aliphatic carbocycles. The number of nitrogens with one attached hydrogen (secondary N) is 1. The van der Waals surface area contributed by atoms with Crippen LogP contribution in [0.2, 0.25) is 0 Å². The van der Waals surface area contributed by atoms with Crippen molar-refractivity contribution in [1.29, 1.82) is 0 Å². The standard InChI is InChI=1S/C25H22N4O3S/c30-24(27-19-7-9-21(10-8-19)32-20-4-2-1-3-5-20)22-17-33-25(28-22)18-6-11-23(26-16-18)29-12-14-31-15-13-29/h1-11,16-17H,12-15H2,(H,27,30). The summed E-state index contributed by atoms with van der Waals surface area (Å²) in [5, 5.41) is 5.40. The molecule has 5 rings (SSSR count). The number of nitrogens with zero attached hydrogens (tertiary/aromatic N) is 3. The highest BCUT2D eigenvalue weighted by molar-refractivity contribution is 7.13. The van der Waals surface area contributed by atoms with Gasteiger partial charge < -0.3 is 19.7 Å². The van der Waals surface area contributed by atoms with Crippen molar-refractivity contribution in [3.63, 3.8) is 0 Å². The summed E-state index contributed by atoms with van der Waals surface area (Å²) in [4.78, 5) is 23.9. The molecule has 1 fully saturated rings. The van der Waals surface area contributed by atoms with Gasteiger partial charge >= 0.3 is 0 Å². The van der Waals surface area contributed by atoms with E-state index in [1.807, 2.05) is 54.6 Å². The average Bonchev–Trinajstić information content (AvgIpc) is 3.37. The highest BCUT2D eigenvalue weighted by Crippen LogP contribution is 2.26. The molecule has 7 nitrogen and oxygen atoms in total. The van der Waals surface area contributed by atoms with Crippen LogP contribution in [0.4, 0.5) is 11.5 Å². The largest absolute Gasteiger partial charge is 0.457 e. The Kier molecular flexibility index (Phi) is 6.27. The van der Waals surface area contributed by atoms with Crippen LogP contribution in [-0.2, 0) is 4.74 Å². The van der Waals surface area contributed by atoms with Gasteiger partial charge in [0.25, 0.3) is 5.91 Å². The van der Waals surface area contributed by atoms with Crippen molar-refractivity contribution < 1.29 is 14.3 Å². The summed E-state index contributed by atoms with van der Waals surface area (Å²) in [6.07, 6.45) is 1.80. The number of hydrogen-bond donors (Lipinski definition) is 1. The Morgan fingerprint density at radius 1 is 0.970 bits per heavy atom. The fourth-order valence-corrected chi connectivity index (χ4v) is 4.22. The van der Waals surface area contributed by atoms with Crippen LogP contribution in [-0.4, -0.2) is 42.2 Å². The minimum Gasteiger partial charge on any atom is -0.457 e. The third kappa shape index (κ3) is 5.19. The number of amides is 1. The summed E-state index contributed by atoms with van der Waals surface area (Å²) >= 11 is 1.42.